The van der Waals surface area contributed by atoms with Crippen molar-refractivity contribution in [1.82, 2.24) is 9.88 Å². The molecule has 4 heterocycles. The molecule has 0 saturated carbocycles. The zero-order valence-electron chi connectivity index (χ0n) is 18.4. The molecule has 3 saturated heterocycles. The van der Waals surface area contributed by atoms with Crippen molar-refractivity contribution >= 4 is 10.9 Å². The van der Waals surface area contributed by atoms with Gasteiger partial charge in [-0.15, -0.1) is 6.58 Å². The van der Waals surface area contributed by atoms with Crippen molar-refractivity contribution in [3.8, 4) is 5.75 Å². The van der Waals surface area contributed by atoms with Gasteiger partial charge in [-0.3, -0.25) is 9.88 Å². The Balaban J connectivity index is 0.00000245. The summed E-state index contributed by atoms with van der Waals surface area (Å²) in [6.45, 7) is 8.93. The molecule has 6 heteroatoms. The predicted octanol–water partition coefficient (Wildman–Crippen LogP) is 0.550. The predicted molar refractivity (Wildman–Crippen MR) is 123 cm³/mol. The highest BCUT2D eigenvalue weighted by molar-refractivity contribution is 5.83. The van der Waals surface area contributed by atoms with Crippen LogP contribution in [0.4, 0.5) is 0 Å². The van der Waals surface area contributed by atoms with E-state index in [-0.39, 0.29) is 18.4 Å². The first-order chi connectivity index (χ1) is 15.1. The Labute approximate surface area is 195 Å². The number of fused-ring (bicyclic) bond motifs is 4. The monoisotopic (exact) mass is 451 g/mol. The van der Waals surface area contributed by atoms with Gasteiger partial charge in [0.2, 0.25) is 0 Å². The molecular formula is C26H30ClN3O2. The maximum absolute atomic E-state index is 11.8. The van der Waals surface area contributed by atoms with Crippen LogP contribution in [0, 0.1) is 0 Å². The highest BCUT2D eigenvalue weighted by Crippen LogP contribution is 2.40. The number of hydrogen-bond acceptors (Lipinski definition) is 4. The molecule has 1 N–H and O–H groups in total. The fourth-order valence-corrected chi connectivity index (χ4v) is 5.58. The van der Waals surface area contributed by atoms with Crippen LogP contribution in [0.15, 0.2) is 73.4 Å². The van der Waals surface area contributed by atoms with Gasteiger partial charge in [-0.25, -0.2) is 0 Å². The van der Waals surface area contributed by atoms with Crippen molar-refractivity contribution in [1.29, 1.82) is 0 Å². The molecule has 32 heavy (non-hydrogen) atoms. The van der Waals surface area contributed by atoms with Gasteiger partial charge in [0.25, 0.3) is 0 Å². The third-order valence-electron chi connectivity index (χ3n) is 7.26. The van der Waals surface area contributed by atoms with Gasteiger partial charge in [0.15, 0.2) is 0 Å². The Bertz CT molecular complexity index is 1090. The average molecular weight is 452 g/mol. The summed E-state index contributed by atoms with van der Waals surface area (Å²) >= 11 is 0. The standard InChI is InChI=1S/C26H30N3O2.ClH/c1-3-20-18-29(17-19-7-5-4-6-8-19)14-13-28(20)16-25(29)26(30)22-11-12-27-24-10-9-21(31-2)15-23(22)24;/h3-12,15,20,25-26,30H,1,13-14,16-18H2,2H3;1H/q+1;/p-1/t20-,25-,26+,29+;/m0./s1. The lowest BCUT2D eigenvalue weighted by atomic mass is 9.88. The fraction of sp³-hybridized carbons (Fsp3) is 0.346. The first kappa shape index (κ1) is 22.7. The lowest BCUT2D eigenvalue weighted by Gasteiger charge is -2.59. The second-order valence-corrected chi connectivity index (χ2v) is 8.86. The zero-order chi connectivity index (χ0) is 21.4. The molecule has 0 amide bonds. The van der Waals surface area contributed by atoms with E-state index in [4.69, 9.17) is 4.74 Å². The number of halogens is 1. The molecule has 0 spiro atoms. The van der Waals surface area contributed by atoms with Gasteiger partial charge in [-0.2, -0.15) is 0 Å². The van der Waals surface area contributed by atoms with Gasteiger partial charge >= 0.3 is 0 Å². The van der Waals surface area contributed by atoms with E-state index in [2.05, 4.69) is 52.9 Å². The van der Waals surface area contributed by atoms with E-state index < -0.39 is 6.10 Å². The first-order valence-corrected chi connectivity index (χ1v) is 11.0. The molecule has 2 bridgehead atoms. The molecule has 3 fully saturated rings. The summed E-state index contributed by atoms with van der Waals surface area (Å²) in [4.78, 5) is 6.99. The molecule has 5 atom stereocenters. The largest absolute Gasteiger partial charge is 1.00 e. The zero-order valence-corrected chi connectivity index (χ0v) is 19.2. The Kier molecular flexibility index (Phi) is 6.54. The lowest BCUT2D eigenvalue weighted by Crippen LogP contribution is -3.00. The van der Waals surface area contributed by atoms with Crippen molar-refractivity contribution < 1.29 is 26.7 Å². The van der Waals surface area contributed by atoms with Crippen LogP contribution in [0.3, 0.4) is 0 Å². The Morgan fingerprint density at radius 2 is 2.06 bits per heavy atom. The van der Waals surface area contributed by atoms with Gasteiger partial charge < -0.3 is 26.7 Å². The number of piperazine rings is 3. The minimum Gasteiger partial charge on any atom is -1.00 e. The van der Waals surface area contributed by atoms with Crippen LogP contribution in [-0.4, -0.2) is 64.8 Å². The number of aliphatic hydroxyl groups excluding tert-OH is 1. The highest BCUT2D eigenvalue weighted by atomic mass is 35.5. The molecule has 3 aromatic rings. The van der Waals surface area contributed by atoms with E-state index in [9.17, 15) is 5.11 Å². The van der Waals surface area contributed by atoms with Crippen LogP contribution in [0.1, 0.15) is 17.2 Å². The maximum atomic E-state index is 11.8. The summed E-state index contributed by atoms with van der Waals surface area (Å²) < 4.78 is 6.33. The van der Waals surface area contributed by atoms with Crippen LogP contribution in [-0.2, 0) is 6.54 Å². The molecule has 6 rings (SSSR count). The molecule has 3 aliphatic heterocycles. The van der Waals surface area contributed by atoms with Gasteiger partial charge in [0.1, 0.15) is 24.4 Å². The number of ether oxygens (including phenoxy) is 1. The summed E-state index contributed by atoms with van der Waals surface area (Å²) in [5, 5.41) is 12.8. The number of rotatable bonds is 6. The van der Waals surface area contributed by atoms with Gasteiger partial charge in [0, 0.05) is 23.7 Å². The number of hydrogen-bond donors (Lipinski definition) is 1. The van der Waals surface area contributed by atoms with Crippen molar-refractivity contribution in [2.24, 2.45) is 0 Å². The quantitative estimate of drug-likeness (QED) is 0.439. The SMILES string of the molecule is C=C[C@H]1C[N@+]2(Cc3ccccc3)CCN1C[C@H]2[C@H](O)c1ccnc2ccc(OC)cc12.[Cl-]. The molecule has 0 aliphatic carbocycles. The number of pyridine rings is 1. The second kappa shape index (κ2) is 9.20. The van der Waals surface area contributed by atoms with Gasteiger partial charge in [0.05, 0.1) is 38.3 Å². The number of methoxy groups -OCH3 is 1. The normalized spacial score (nSPS) is 27.5. The van der Waals surface area contributed by atoms with E-state index in [1.165, 1.54) is 5.56 Å². The Morgan fingerprint density at radius 1 is 1.25 bits per heavy atom. The summed E-state index contributed by atoms with van der Waals surface area (Å²) in [6.07, 6.45) is 3.29. The Morgan fingerprint density at radius 3 is 2.81 bits per heavy atom. The molecule has 0 radical (unpaired) electrons. The van der Waals surface area contributed by atoms with Crippen molar-refractivity contribution in [3.05, 3.63) is 84.6 Å². The third-order valence-corrected chi connectivity index (χ3v) is 7.26. The number of aliphatic hydroxyl groups is 1. The number of aromatic nitrogens is 1. The van der Waals surface area contributed by atoms with Crippen molar-refractivity contribution in [2.75, 3.05) is 33.3 Å². The average Bonchev–Trinajstić information content (AvgIpc) is 2.83. The summed E-state index contributed by atoms with van der Waals surface area (Å²) in [7, 11) is 1.67. The molecule has 2 aromatic carbocycles. The van der Waals surface area contributed by atoms with E-state index in [1.54, 1.807) is 13.3 Å². The molecule has 1 aromatic heterocycles. The number of nitrogens with zero attached hydrogens (tertiary/aromatic N) is 3. The minimum atomic E-state index is -0.588. The fourth-order valence-electron chi connectivity index (χ4n) is 5.58. The number of quaternary nitrogens is 1. The number of benzene rings is 2. The second-order valence-electron chi connectivity index (χ2n) is 8.86. The van der Waals surface area contributed by atoms with Crippen LogP contribution < -0.4 is 17.1 Å². The smallest absolute Gasteiger partial charge is 0.133 e. The molecule has 168 valence electrons. The highest BCUT2D eigenvalue weighted by Gasteiger charge is 2.53. The van der Waals surface area contributed by atoms with Crippen LogP contribution >= 0.6 is 0 Å². The van der Waals surface area contributed by atoms with Gasteiger partial charge in [-0.05, 0) is 29.8 Å². The topological polar surface area (TPSA) is 45.6 Å². The lowest BCUT2D eigenvalue weighted by molar-refractivity contribution is -0.982. The molecule has 3 aliphatic rings. The molecular weight excluding hydrogens is 422 g/mol. The van der Waals surface area contributed by atoms with Crippen LogP contribution in [0.5, 0.6) is 5.75 Å². The van der Waals surface area contributed by atoms with Crippen LogP contribution in [0.25, 0.3) is 10.9 Å². The van der Waals surface area contributed by atoms with E-state index in [0.29, 0.717) is 6.04 Å². The molecule has 1 unspecified atom stereocenters. The van der Waals surface area contributed by atoms with Crippen molar-refractivity contribution in [3.63, 3.8) is 0 Å². The Hall–Kier alpha value is -2.44. The van der Waals surface area contributed by atoms with Crippen molar-refractivity contribution in [2.45, 2.75) is 24.7 Å². The van der Waals surface area contributed by atoms with E-state index in [0.717, 1.165) is 59.4 Å². The maximum Gasteiger partial charge on any atom is 0.133 e. The summed E-state index contributed by atoms with van der Waals surface area (Å²) in [5.41, 5.74) is 3.13. The summed E-state index contributed by atoms with van der Waals surface area (Å²) in [5.74, 6) is 0.781. The minimum absolute atomic E-state index is 0. The van der Waals surface area contributed by atoms with E-state index in [1.807, 2.05) is 24.3 Å². The summed E-state index contributed by atoms with van der Waals surface area (Å²) in [6, 6.07) is 19.0. The van der Waals surface area contributed by atoms with Crippen LogP contribution in [0.2, 0.25) is 0 Å². The third kappa shape index (κ3) is 3.90. The first-order valence-electron chi connectivity index (χ1n) is 11.0. The van der Waals surface area contributed by atoms with E-state index >= 15 is 0 Å². The van der Waals surface area contributed by atoms with Gasteiger partial charge in [-0.1, -0.05) is 36.4 Å². The molecule has 5 nitrogen and oxygen atoms in total.